The lowest BCUT2D eigenvalue weighted by atomic mass is 9.99. The number of amides is 1. The number of benzene rings is 2. The minimum atomic E-state index is -0.349. The first kappa shape index (κ1) is 22.2. The summed E-state index contributed by atoms with van der Waals surface area (Å²) < 4.78 is 16.9. The first-order valence-corrected chi connectivity index (χ1v) is 9.64. The molecule has 156 valence electrons. The number of nitrogens with two attached hydrogens (primary N) is 2. The Bertz CT molecular complexity index is 833. The van der Waals surface area contributed by atoms with E-state index in [0.29, 0.717) is 26.2 Å². The van der Waals surface area contributed by atoms with Gasteiger partial charge in [0, 0.05) is 37.7 Å². The summed E-state index contributed by atoms with van der Waals surface area (Å²) in [6.07, 6.45) is 1.50. The van der Waals surface area contributed by atoms with Gasteiger partial charge in [-0.25, -0.2) is 0 Å². The Hall–Kier alpha value is -3.06. The second kappa shape index (κ2) is 11.7. The number of carbonyl (C=O) groups is 1. The topological polar surface area (TPSA) is 109 Å². The monoisotopic (exact) mass is 399 g/mol. The molecule has 0 bridgehead atoms. The molecule has 7 nitrogen and oxygen atoms in total. The van der Waals surface area contributed by atoms with Gasteiger partial charge in [-0.1, -0.05) is 30.3 Å². The number of hydrogen-bond donors (Lipinski definition) is 2. The fourth-order valence-electron chi connectivity index (χ4n) is 2.87. The Morgan fingerprint density at radius 3 is 2.48 bits per heavy atom. The third kappa shape index (κ3) is 7.12. The van der Waals surface area contributed by atoms with Crippen LogP contribution in [0.3, 0.4) is 0 Å². The van der Waals surface area contributed by atoms with E-state index in [1.165, 1.54) is 0 Å². The fraction of sp³-hybridized carbons (Fsp3) is 0.364. The minimum Gasteiger partial charge on any atom is -0.493 e. The lowest BCUT2D eigenvalue weighted by Gasteiger charge is -2.16. The molecule has 2 aromatic rings. The van der Waals surface area contributed by atoms with E-state index >= 15 is 0 Å². The molecule has 0 radical (unpaired) electrons. The maximum Gasteiger partial charge on any atom is 0.249 e. The number of aliphatic imine (C=N–C) groups is 1. The van der Waals surface area contributed by atoms with Gasteiger partial charge in [-0.05, 0) is 31.0 Å². The van der Waals surface area contributed by atoms with E-state index in [1.807, 2.05) is 49.4 Å². The second-order valence-corrected chi connectivity index (χ2v) is 6.38. The van der Waals surface area contributed by atoms with Crippen molar-refractivity contribution in [2.24, 2.45) is 16.5 Å². The summed E-state index contributed by atoms with van der Waals surface area (Å²) in [5.41, 5.74) is 13.4. The van der Waals surface area contributed by atoms with Crippen molar-refractivity contribution in [3.63, 3.8) is 0 Å². The van der Waals surface area contributed by atoms with Gasteiger partial charge in [0.2, 0.25) is 5.91 Å². The highest BCUT2D eigenvalue weighted by molar-refractivity contribution is 5.91. The molecule has 1 amide bonds. The summed E-state index contributed by atoms with van der Waals surface area (Å²) in [5.74, 6) is 0.964. The Balaban J connectivity index is 2.28. The zero-order valence-electron chi connectivity index (χ0n) is 17.0. The normalized spacial score (nSPS) is 10.4. The first-order chi connectivity index (χ1) is 14.0. The molecule has 0 saturated carbocycles. The SMILES string of the molecule is CCOc1ccccc1-c1ccc(CCC(=O)N=C(N)N)cc1OCCCOC. The summed E-state index contributed by atoms with van der Waals surface area (Å²) in [5, 5.41) is 0. The summed E-state index contributed by atoms with van der Waals surface area (Å²) in [6, 6.07) is 13.8. The van der Waals surface area contributed by atoms with Crippen LogP contribution in [0.15, 0.2) is 47.5 Å². The van der Waals surface area contributed by atoms with Crippen LogP contribution in [0, 0.1) is 0 Å². The molecule has 0 saturated heterocycles. The van der Waals surface area contributed by atoms with Gasteiger partial charge in [0.1, 0.15) is 11.5 Å². The van der Waals surface area contributed by atoms with Crippen molar-refractivity contribution in [1.82, 2.24) is 0 Å². The van der Waals surface area contributed by atoms with Crippen LogP contribution in [0.25, 0.3) is 11.1 Å². The third-order valence-electron chi connectivity index (χ3n) is 4.15. The number of rotatable bonds is 11. The van der Waals surface area contributed by atoms with Crippen LogP contribution in [-0.4, -0.2) is 38.8 Å². The molecule has 0 aliphatic rings. The highest BCUT2D eigenvalue weighted by Crippen LogP contribution is 2.37. The molecular formula is C22H29N3O4. The molecule has 4 N–H and O–H groups in total. The van der Waals surface area contributed by atoms with Gasteiger partial charge in [-0.2, -0.15) is 4.99 Å². The number of carbonyl (C=O) groups excluding carboxylic acids is 1. The van der Waals surface area contributed by atoms with Gasteiger partial charge in [0.05, 0.1) is 13.2 Å². The highest BCUT2D eigenvalue weighted by Gasteiger charge is 2.13. The van der Waals surface area contributed by atoms with Crippen LogP contribution in [0.2, 0.25) is 0 Å². The zero-order chi connectivity index (χ0) is 21.1. The van der Waals surface area contributed by atoms with Gasteiger partial charge in [0.25, 0.3) is 0 Å². The highest BCUT2D eigenvalue weighted by atomic mass is 16.5. The van der Waals surface area contributed by atoms with Crippen LogP contribution in [-0.2, 0) is 16.0 Å². The Labute approximate surface area is 171 Å². The average Bonchev–Trinajstić information content (AvgIpc) is 2.70. The molecule has 29 heavy (non-hydrogen) atoms. The molecule has 0 fully saturated rings. The van der Waals surface area contributed by atoms with E-state index in [4.69, 9.17) is 25.7 Å². The lowest BCUT2D eigenvalue weighted by molar-refractivity contribution is -0.117. The molecule has 0 heterocycles. The Kier molecular flexibility index (Phi) is 8.98. The summed E-state index contributed by atoms with van der Waals surface area (Å²) in [6.45, 7) is 3.67. The molecule has 0 unspecified atom stereocenters. The molecule has 7 heteroatoms. The number of ether oxygens (including phenoxy) is 3. The standard InChI is InChI=1S/C22H29N3O4/c1-3-28-19-8-5-4-7-17(19)18-11-9-16(10-12-21(26)25-22(23)24)15-20(18)29-14-6-13-27-2/h4-5,7-9,11,15H,3,6,10,12-14H2,1-2H3,(H4,23,24,25,26). The second-order valence-electron chi connectivity index (χ2n) is 6.38. The molecule has 2 aromatic carbocycles. The van der Waals surface area contributed by atoms with E-state index in [-0.39, 0.29) is 18.3 Å². The van der Waals surface area contributed by atoms with E-state index in [1.54, 1.807) is 7.11 Å². The largest absolute Gasteiger partial charge is 0.493 e. The molecule has 2 rings (SSSR count). The van der Waals surface area contributed by atoms with Crippen LogP contribution in [0.5, 0.6) is 11.5 Å². The molecular weight excluding hydrogens is 370 g/mol. The third-order valence-corrected chi connectivity index (χ3v) is 4.15. The molecule has 0 atom stereocenters. The van der Waals surface area contributed by atoms with Crippen molar-refractivity contribution >= 4 is 11.9 Å². The predicted molar refractivity (Wildman–Crippen MR) is 114 cm³/mol. The zero-order valence-corrected chi connectivity index (χ0v) is 17.0. The van der Waals surface area contributed by atoms with Crippen LogP contribution < -0.4 is 20.9 Å². The first-order valence-electron chi connectivity index (χ1n) is 9.64. The van der Waals surface area contributed by atoms with E-state index < -0.39 is 0 Å². The van der Waals surface area contributed by atoms with E-state index in [9.17, 15) is 4.79 Å². The van der Waals surface area contributed by atoms with Gasteiger partial charge < -0.3 is 25.7 Å². The quantitative estimate of drug-likeness (QED) is 0.342. The van der Waals surface area contributed by atoms with E-state index in [2.05, 4.69) is 4.99 Å². The summed E-state index contributed by atoms with van der Waals surface area (Å²) >= 11 is 0. The smallest absolute Gasteiger partial charge is 0.249 e. The lowest BCUT2D eigenvalue weighted by Crippen LogP contribution is -2.24. The number of nitrogens with zero attached hydrogens (tertiary/aromatic N) is 1. The number of aryl methyl sites for hydroxylation is 1. The van der Waals surface area contributed by atoms with E-state index in [0.717, 1.165) is 34.6 Å². The number of guanidine groups is 1. The van der Waals surface area contributed by atoms with Crippen LogP contribution in [0.4, 0.5) is 0 Å². The molecule has 0 spiro atoms. The van der Waals surface area contributed by atoms with Gasteiger partial charge >= 0.3 is 0 Å². The Morgan fingerprint density at radius 2 is 1.76 bits per heavy atom. The van der Waals surface area contributed by atoms with Crippen molar-refractivity contribution < 1.29 is 19.0 Å². The maximum atomic E-state index is 11.8. The summed E-state index contributed by atoms with van der Waals surface area (Å²) in [4.78, 5) is 15.3. The number of methoxy groups -OCH3 is 1. The van der Waals surface area contributed by atoms with Crippen molar-refractivity contribution in [3.05, 3.63) is 48.0 Å². The molecule has 0 aliphatic heterocycles. The van der Waals surface area contributed by atoms with Crippen molar-refractivity contribution in [1.29, 1.82) is 0 Å². The molecule has 0 aromatic heterocycles. The van der Waals surface area contributed by atoms with Gasteiger partial charge in [-0.15, -0.1) is 0 Å². The van der Waals surface area contributed by atoms with Crippen LogP contribution in [0.1, 0.15) is 25.3 Å². The fourth-order valence-corrected chi connectivity index (χ4v) is 2.87. The summed E-state index contributed by atoms with van der Waals surface area (Å²) in [7, 11) is 1.66. The maximum absolute atomic E-state index is 11.8. The number of hydrogen-bond acceptors (Lipinski definition) is 4. The van der Waals surface area contributed by atoms with Gasteiger partial charge in [0.15, 0.2) is 5.96 Å². The van der Waals surface area contributed by atoms with Crippen molar-refractivity contribution in [2.45, 2.75) is 26.2 Å². The average molecular weight is 399 g/mol. The minimum absolute atomic E-state index is 0.218. The van der Waals surface area contributed by atoms with Crippen LogP contribution >= 0.6 is 0 Å². The molecule has 0 aliphatic carbocycles. The van der Waals surface area contributed by atoms with Crippen molar-refractivity contribution in [2.75, 3.05) is 26.9 Å². The number of para-hydroxylation sites is 1. The Morgan fingerprint density at radius 1 is 1.00 bits per heavy atom. The van der Waals surface area contributed by atoms with Gasteiger partial charge in [-0.3, -0.25) is 4.79 Å². The predicted octanol–water partition coefficient (Wildman–Crippen LogP) is 2.90. The van der Waals surface area contributed by atoms with Crippen molar-refractivity contribution in [3.8, 4) is 22.6 Å².